The Balaban J connectivity index is 2.28. The van der Waals surface area contributed by atoms with Crippen molar-refractivity contribution in [3.05, 3.63) is 24.3 Å². The van der Waals surface area contributed by atoms with Crippen LogP contribution in [0.15, 0.2) is 24.3 Å². The minimum atomic E-state index is -0.803. The number of para-hydroxylation sites is 2. The molecule has 17 heavy (non-hydrogen) atoms. The first-order valence-electron chi connectivity index (χ1n) is 5.79. The molecule has 0 bridgehead atoms. The van der Waals surface area contributed by atoms with Crippen molar-refractivity contribution in [1.82, 2.24) is 0 Å². The predicted octanol–water partition coefficient (Wildman–Crippen LogP) is 1.18. The fourth-order valence-electron chi connectivity index (χ4n) is 2.16. The minimum Gasteiger partial charge on any atom is -0.371 e. The zero-order valence-corrected chi connectivity index (χ0v) is 10.3. The average molecular weight is 230 g/mol. The molecule has 1 aromatic carbocycles. The largest absolute Gasteiger partial charge is 0.371 e. The van der Waals surface area contributed by atoms with Crippen LogP contribution in [0, 0.1) is 11.3 Å². The number of benzene rings is 1. The molecule has 0 saturated heterocycles. The van der Waals surface area contributed by atoms with Gasteiger partial charge < -0.3 is 15.5 Å². The summed E-state index contributed by atoms with van der Waals surface area (Å²) in [5.74, 6) is 0. The van der Waals surface area contributed by atoms with Gasteiger partial charge in [-0.05, 0) is 19.1 Å². The third-order valence-electron chi connectivity index (χ3n) is 3.11. The fourth-order valence-corrected chi connectivity index (χ4v) is 2.16. The summed E-state index contributed by atoms with van der Waals surface area (Å²) in [6, 6.07) is 10.4. The van der Waals surface area contributed by atoms with Crippen LogP contribution in [0.3, 0.4) is 0 Å². The molecule has 1 atom stereocenters. The second-order valence-corrected chi connectivity index (χ2v) is 4.86. The van der Waals surface area contributed by atoms with Crippen LogP contribution in [0.5, 0.6) is 0 Å². The summed E-state index contributed by atoms with van der Waals surface area (Å²) in [6.45, 7) is 4.20. The first-order valence-corrected chi connectivity index (χ1v) is 5.79. The molecule has 1 aliphatic rings. The molecule has 0 spiro atoms. The van der Waals surface area contributed by atoms with Crippen molar-refractivity contribution in [2.75, 3.05) is 36.5 Å². The molecule has 2 rings (SSSR count). The Morgan fingerprint density at radius 3 is 2.65 bits per heavy atom. The van der Waals surface area contributed by atoms with Crippen molar-refractivity contribution in [3.8, 4) is 6.07 Å². The van der Waals surface area contributed by atoms with Crippen LogP contribution in [-0.2, 0) is 0 Å². The van der Waals surface area contributed by atoms with Gasteiger partial charge in [0.2, 0.25) is 0 Å². The molecule has 1 aliphatic heterocycles. The van der Waals surface area contributed by atoms with Crippen molar-refractivity contribution >= 4 is 11.4 Å². The van der Waals surface area contributed by atoms with Crippen LogP contribution in [0.2, 0.25) is 0 Å². The summed E-state index contributed by atoms with van der Waals surface area (Å²) in [4.78, 5) is 4.42. The highest BCUT2D eigenvalue weighted by Gasteiger charge is 2.26. The molecule has 2 N–H and O–H groups in total. The van der Waals surface area contributed by atoms with E-state index >= 15 is 0 Å². The molecule has 1 heterocycles. The van der Waals surface area contributed by atoms with E-state index in [1.807, 2.05) is 12.1 Å². The monoisotopic (exact) mass is 230 g/mol. The highest BCUT2D eigenvalue weighted by atomic mass is 15.3. The average Bonchev–Trinajstić information content (AvgIpc) is 2.33. The van der Waals surface area contributed by atoms with Crippen LogP contribution >= 0.6 is 0 Å². The van der Waals surface area contributed by atoms with Gasteiger partial charge in [0, 0.05) is 26.7 Å². The van der Waals surface area contributed by atoms with Gasteiger partial charge in [-0.25, -0.2) is 0 Å². The Kier molecular flexibility index (Phi) is 2.95. The SMILES string of the molecule is CN1CCN(CC(C)(N)C#N)c2ccccc21. The van der Waals surface area contributed by atoms with Crippen molar-refractivity contribution < 1.29 is 0 Å². The normalized spacial score (nSPS) is 18.2. The van der Waals surface area contributed by atoms with Gasteiger partial charge in [0.25, 0.3) is 0 Å². The van der Waals surface area contributed by atoms with Gasteiger partial charge >= 0.3 is 0 Å². The number of hydrogen-bond acceptors (Lipinski definition) is 4. The second kappa shape index (κ2) is 4.27. The van der Waals surface area contributed by atoms with Gasteiger partial charge in [-0.15, -0.1) is 0 Å². The lowest BCUT2D eigenvalue weighted by Crippen LogP contribution is -2.50. The summed E-state index contributed by atoms with van der Waals surface area (Å²) in [7, 11) is 2.09. The first kappa shape index (κ1) is 11.7. The molecule has 0 aromatic heterocycles. The molecule has 0 radical (unpaired) electrons. The number of fused-ring (bicyclic) bond motifs is 1. The number of nitrogens with two attached hydrogens (primary N) is 1. The Labute approximate surface area is 102 Å². The lowest BCUT2D eigenvalue weighted by atomic mass is 10.0. The van der Waals surface area contributed by atoms with Crippen LogP contribution in [0.4, 0.5) is 11.4 Å². The molecule has 0 aliphatic carbocycles. The Morgan fingerprint density at radius 2 is 2.00 bits per heavy atom. The van der Waals surface area contributed by atoms with E-state index in [-0.39, 0.29) is 0 Å². The minimum absolute atomic E-state index is 0.564. The lowest BCUT2D eigenvalue weighted by Gasteiger charge is -2.39. The van der Waals surface area contributed by atoms with Gasteiger partial charge in [0.15, 0.2) is 0 Å². The van der Waals surface area contributed by atoms with E-state index in [0.29, 0.717) is 6.54 Å². The van der Waals surface area contributed by atoms with E-state index in [1.165, 1.54) is 5.69 Å². The fraction of sp³-hybridized carbons (Fsp3) is 0.462. The maximum Gasteiger partial charge on any atom is 0.119 e. The number of nitriles is 1. The van der Waals surface area contributed by atoms with E-state index in [0.717, 1.165) is 18.8 Å². The van der Waals surface area contributed by atoms with Gasteiger partial charge in [0.05, 0.1) is 17.4 Å². The first-order chi connectivity index (χ1) is 8.03. The van der Waals surface area contributed by atoms with E-state index < -0.39 is 5.54 Å². The number of rotatable bonds is 2. The zero-order valence-electron chi connectivity index (χ0n) is 10.3. The summed E-state index contributed by atoms with van der Waals surface area (Å²) >= 11 is 0. The smallest absolute Gasteiger partial charge is 0.119 e. The summed E-state index contributed by atoms with van der Waals surface area (Å²) < 4.78 is 0. The van der Waals surface area contributed by atoms with E-state index in [1.54, 1.807) is 6.92 Å². The number of nitrogens with zero attached hydrogens (tertiary/aromatic N) is 3. The van der Waals surface area contributed by atoms with Crippen molar-refractivity contribution in [2.45, 2.75) is 12.5 Å². The summed E-state index contributed by atoms with van der Waals surface area (Å²) in [5, 5.41) is 9.01. The molecule has 0 saturated carbocycles. The highest BCUT2D eigenvalue weighted by molar-refractivity contribution is 5.73. The summed E-state index contributed by atoms with van der Waals surface area (Å²) in [5.41, 5.74) is 7.48. The van der Waals surface area contributed by atoms with Gasteiger partial charge in [0.1, 0.15) is 5.54 Å². The molecule has 0 fully saturated rings. The maximum atomic E-state index is 9.01. The van der Waals surface area contributed by atoms with Crippen LogP contribution in [0.25, 0.3) is 0 Å². The zero-order chi connectivity index (χ0) is 12.5. The van der Waals surface area contributed by atoms with Gasteiger partial charge in [-0.1, -0.05) is 12.1 Å². The van der Waals surface area contributed by atoms with Crippen molar-refractivity contribution in [3.63, 3.8) is 0 Å². The van der Waals surface area contributed by atoms with Crippen molar-refractivity contribution in [2.24, 2.45) is 5.73 Å². The quantitative estimate of drug-likeness (QED) is 0.829. The highest BCUT2D eigenvalue weighted by Crippen LogP contribution is 2.32. The molecule has 1 unspecified atom stereocenters. The lowest BCUT2D eigenvalue weighted by molar-refractivity contribution is 0.565. The molecule has 4 heteroatoms. The topological polar surface area (TPSA) is 56.3 Å². The maximum absolute atomic E-state index is 9.01. The standard InChI is InChI=1S/C13H18N4/c1-13(15,9-14)10-17-8-7-16(2)11-5-3-4-6-12(11)17/h3-6H,7-8,10,15H2,1-2H3. The molecular formula is C13H18N4. The van der Waals surface area contributed by atoms with Crippen LogP contribution in [0.1, 0.15) is 6.92 Å². The van der Waals surface area contributed by atoms with Crippen LogP contribution in [-0.4, -0.2) is 32.2 Å². The third-order valence-corrected chi connectivity index (χ3v) is 3.11. The molecule has 4 nitrogen and oxygen atoms in total. The molecule has 0 amide bonds. The number of likely N-dealkylation sites (N-methyl/N-ethyl adjacent to an activating group) is 1. The molecular weight excluding hydrogens is 212 g/mol. The van der Waals surface area contributed by atoms with Gasteiger partial charge in [-0.2, -0.15) is 5.26 Å². The van der Waals surface area contributed by atoms with Gasteiger partial charge in [-0.3, -0.25) is 0 Å². The second-order valence-electron chi connectivity index (χ2n) is 4.86. The van der Waals surface area contributed by atoms with Crippen molar-refractivity contribution in [1.29, 1.82) is 5.26 Å². The predicted molar refractivity (Wildman–Crippen MR) is 70.1 cm³/mol. The van der Waals surface area contributed by atoms with E-state index in [2.05, 4.69) is 35.0 Å². The molecule has 1 aromatic rings. The number of anilines is 2. The Morgan fingerprint density at radius 1 is 1.35 bits per heavy atom. The Bertz CT molecular complexity index is 447. The Hall–Kier alpha value is -1.73. The molecule has 90 valence electrons. The van der Waals surface area contributed by atoms with E-state index in [9.17, 15) is 0 Å². The summed E-state index contributed by atoms with van der Waals surface area (Å²) in [6.07, 6.45) is 0. The third kappa shape index (κ3) is 2.34. The van der Waals surface area contributed by atoms with Crippen LogP contribution < -0.4 is 15.5 Å². The number of hydrogen-bond donors (Lipinski definition) is 1. The van der Waals surface area contributed by atoms with E-state index in [4.69, 9.17) is 11.0 Å².